The molecular weight excluding hydrogens is 396 g/mol. The summed E-state index contributed by atoms with van der Waals surface area (Å²) < 4.78 is 5.37. The fraction of sp³-hybridized carbons (Fsp3) is 0.435. The van der Waals surface area contributed by atoms with Crippen molar-refractivity contribution >= 4 is 17.3 Å². The van der Waals surface area contributed by atoms with E-state index in [0.29, 0.717) is 23.8 Å². The quantitative estimate of drug-likeness (QED) is 0.470. The van der Waals surface area contributed by atoms with E-state index in [-0.39, 0.29) is 17.6 Å². The number of nitro groups is 1. The van der Waals surface area contributed by atoms with Gasteiger partial charge in [0.25, 0.3) is 11.6 Å². The van der Waals surface area contributed by atoms with Crippen LogP contribution in [0.2, 0.25) is 0 Å². The van der Waals surface area contributed by atoms with Crippen molar-refractivity contribution in [2.24, 2.45) is 0 Å². The zero-order valence-electron chi connectivity index (χ0n) is 17.7. The molecule has 1 aliphatic heterocycles. The summed E-state index contributed by atoms with van der Waals surface area (Å²) in [7, 11) is 1.64. The molecule has 1 saturated carbocycles. The van der Waals surface area contributed by atoms with Crippen LogP contribution in [0.25, 0.3) is 0 Å². The number of hydrogen-bond acceptors (Lipinski definition) is 6. The smallest absolute Gasteiger partial charge is 0.293 e. The molecule has 2 aliphatic rings. The first-order valence-electron chi connectivity index (χ1n) is 10.8. The Labute approximate surface area is 181 Å². The summed E-state index contributed by atoms with van der Waals surface area (Å²) in [5.41, 5.74) is 1.77. The molecule has 1 saturated heterocycles. The van der Waals surface area contributed by atoms with Crippen LogP contribution in [0.15, 0.2) is 42.5 Å². The average molecular weight is 425 g/mol. The minimum Gasteiger partial charge on any atom is -0.497 e. The molecule has 8 heteroatoms. The summed E-state index contributed by atoms with van der Waals surface area (Å²) in [6, 6.07) is 12.8. The van der Waals surface area contributed by atoms with E-state index in [1.54, 1.807) is 19.2 Å². The van der Waals surface area contributed by atoms with Gasteiger partial charge in [0.1, 0.15) is 11.4 Å². The number of methoxy groups -OCH3 is 1. The van der Waals surface area contributed by atoms with Crippen molar-refractivity contribution in [3.05, 3.63) is 63.7 Å². The van der Waals surface area contributed by atoms with Crippen LogP contribution < -0.4 is 15.4 Å². The van der Waals surface area contributed by atoms with Crippen LogP contribution in [-0.2, 0) is 0 Å². The van der Waals surface area contributed by atoms with Crippen molar-refractivity contribution in [3.63, 3.8) is 0 Å². The van der Waals surface area contributed by atoms with Crippen molar-refractivity contribution in [2.75, 3.05) is 32.1 Å². The summed E-state index contributed by atoms with van der Waals surface area (Å²) in [6.07, 6.45) is 4.30. The molecule has 2 aromatic rings. The molecule has 1 amide bonds. The van der Waals surface area contributed by atoms with Gasteiger partial charge >= 0.3 is 0 Å². The lowest BCUT2D eigenvalue weighted by atomic mass is 10.0. The van der Waals surface area contributed by atoms with E-state index >= 15 is 0 Å². The highest BCUT2D eigenvalue weighted by Crippen LogP contribution is 2.32. The Kier molecular flexibility index (Phi) is 6.36. The third kappa shape index (κ3) is 5.14. The molecule has 164 valence electrons. The Balaban J connectivity index is 1.49. The number of amides is 1. The van der Waals surface area contributed by atoms with E-state index < -0.39 is 4.92 Å². The topological polar surface area (TPSA) is 96.7 Å². The van der Waals surface area contributed by atoms with Crippen molar-refractivity contribution < 1.29 is 14.5 Å². The number of likely N-dealkylation sites (tertiary alicyclic amines) is 1. The number of rotatable bonds is 9. The maximum absolute atomic E-state index is 12.8. The van der Waals surface area contributed by atoms with Crippen molar-refractivity contribution in [1.29, 1.82) is 0 Å². The Morgan fingerprint density at radius 1 is 1.23 bits per heavy atom. The van der Waals surface area contributed by atoms with Gasteiger partial charge in [0.2, 0.25) is 0 Å². The van der Waals surface area contributed by atoms with Gasteiger partial charge in [-0.3, -0.25) is 19.8 Å². The zero-order valence-corrected chi connectivity index (χ0v) is 17.7. The average Bonchev–Trinajstić information content (AvgIpc) is 3.43. The number of anilines is 1. The number of carbonyl (C=O) groups is 1. The Bertz CT molecular complexity index is 954. The first-order valence-corrected chi connectivity index (χ1v) is 10.8. The molecule has 2 aromatic carbocycles. The van der Waals surface area contributed by atoms with Gasteiger partial charge in [-0.25, -0.2) is 0 Å². The summed E-state index contributed by atoms with van der Waals surface area (Å²) in [6.45, 7) is 2.37. The lowest BCUT2D eigenvalue weighted by Gasteiger charge is -2.28. The molecule has 1 atom stereocenters. The van der Waals surface area contributed by atoms with E-state index in [9.17, 15) is 14.9 Å². The maximum atomic E-state index is 12.8. The van der Waals surface area contributed by atoms with E-state index in [1.165, 1.54) is 6.07 Å². The third-order valence-electron chi connectivity index (χ3n) is 5.91. The van der Waals surface area contributed by atoms with Gasteiger partial charge in [-0.15, -0.1) is 0 Å². The molecule has 0 bridgehead atoms. The monoisotopic (exact) mass is 424 g/mol. The maximum Gasteiger partial charge on any atom is 0.293 e. The molecule has 1 aliphatic carbocycles. The van der Waals surface area contributed by atoms with Crippen LogP contribution in [0.5, 0.6) is 5.75 Å². The van der Waals surface area contributed by atoms with Gasteiger partial charge in [-0.1, -0.05) is 12.1 Å². The van der Waals surface area contributed by atoms with Crippen molar-refractivity contribution in [1.82, 2.24) is 10.2 Å². The van der Waals surface area contributed by atoms with Crippen molar-refractivity contribution in [2.45, 2.75) is 37.8 Å². The summed E-state index contributed by atoms with van der Waals surface area (Å²) >= 11 is 0. The molecule has 8 nitrogen and oxygen atoms in total. The second-order valence-electron chi connectivity index (χ2n) is 8.15. The third-order valence-corrected chi connectivity index (χ3v) is 5.91. The molecule has 31 heavy (non-hydrogen) atoms. The predicted molar refractivity (Wildman–Crippen MR) is 119 cm³/mol. The molecule has 0 aromatic heterocycles. The normalized spacial score (nSPS) is 17.2. The molecule has 0 radical (unpaired) electrons. The highest BCUT2D eigenvalue weighted by Gasteiger charge is 2.27. The van der Waals surface area contributed by atoms with Crippen LogP contribution >= 0.6 is 0 Å². The first-order chi connectivity index (χ1) is 15.0. The largest absolute Gasteiger partial charge is 0.497 e. The standard InChI is InChI=1S/C23H28N4O4/c1-31-19-6-4-5-16(13-19)22(26-11-2-3-12-26)15-24-23(28)17-7-10-20(25-18-8-9-18)21(14-17)27(29)30/h4-7,10,13-14,18,22,25H,2-3,8-9,11-12,15H2,1H3,(H,24,28). The highest BCUT2D eigenvalue weighted by molar-refractivity contribution is 5.95. The SMILES string of the molecule is COc1cccc(C(CNC(=O)c2ccc(NC3CC3)c([N+](=O)[O-])c2)N2CCCC2)c1. The second-order valence-corrected chi connectivity index (χ2v) is 8.15. The first kappa shape index (κ1) is 21.1. The van der Waals surface area contributed by atoms with E-state index in [2.05, 4.69) is 15.5 Å². The van der Waals surface area contributed by atoms with Gasteiger partial charge in [-0.05, 0) is 68.6 Å². The number of nitrogens with one attached hydrogen (secondary N) is 2. The fourth-order valence-electron chi connectivity index (χ4n) is 4.04. The van der Waals surface area contributed by atoms with E-state index in [0.717, 1.165) is 50.1 Å². The lowest BCUT2D eigenvalue weighted by Crippen LogP contribution is -2.36. The number of nitro benzene ring substituents is 1. The fourth-order valence-corrected chi connectivity index (χ4v) is 4.04. The second kappa shape index (κ2) is 9.34. The molecule has 2 fully saturated rings. The molecule has 2 N–H and O–H groups in total. The van der Waals surface area contributed by atoms with Crippen LogP contribution in [0.3, 0.4) is 0 Å². The van der Waals surface area contributed by atoms with Crippen LogP contribution in [0.4, 0.5) is 11.4 Å². The van der Waals surface area contributed by atoms with E-state index in [1.807, 2.05) is 24.3 Å². The summed E-state index contributed by atoms with van der Waals surface area (Å²) in [5.74, 6) is 0.468. The number of ether oxygens (including phenoxy) is 1. The predicted octanol–water partition coefficient (Wildman–Crippen LogP) is 3.74. The van der Waals surface area contributed by atoms with Gasteiger partial charge in [-0.2, -0.15) is 0 Å². The molecule has 4 rings (SSSR count). The van der Waals surface area contributed by atoms with Gasteiger partial charge in [0, 0.05) is 24.2 Å². The van der Waals surface area contributed by atoms with Crippen LogP contribution in [0, 0.1) is 10.1 Å². The number of benzene rings is 2. The van der Waals surface area contributed by atoms with Crippen LogP contribution in [0.1, 0.15) is 47.6 Å². The lowest BCUT2D eigenvalue weighted by molar-refractivity contribution is -0.384. The minimum absolute atomic E-state index is 0.0207. The number of hydrogen-bond donors (Lipinski definition) is 2. The Morgan fingerprint density at radius 3 is 2.68 bits per heavy atom. The molecular formula is C23H28N4O4. The molecule has 1 heterocycles. The minimum atomic E-state index is -0.440. The van der Waals surface area contributed by atoms with Crippen LogP contribution in [-0.4, -0.2) is 48.5 Å². The Hall–Kier alpha value is -3.13. The van der Waals surface area contributed by atoms with Gasteiger partial charge in [0.05, 0.1) is 18.1 Å². The van der Waals surface area contributed by atoms with Crippen molar-refractivity contribution in [3.8, 4) is 5.75 Å². The van der Waals surface area contributed by atoms with Gasteiger partial charge < -0.3 is 15.4 Å². The van der Waals surface area contributed by atoms with E-state index in [4.69, 9.17) is 4.74 Å². The number of carbonyl (C=O) groups excluding carboxylic acids is 1. The highest BCUT2D eigenvalue weighted by atomic mass is 16.6. The summed E-state index contributed by atoms with van der Waals surface area (Å²) in [4.78, 5) is 26.3. The Morgan fingerprint density at radius 2 is 2.00 bits per heavy atom. The number of nitrogens with zero attached hydrogens (tertiary/aromatic N) is 2. The molecule has 0 spiro atoms. The zero-order chi connectivity index (χ0) is 21.8. The summed E-state index contributed by atoms with van der Waals surface area (Å²) in [5, 5.41) is 17.6. The van der Waals surface area contributed by atoms with Gasteiger partial charge in [0.15, 0.2) is 0 Å². The molecule has 1 unspecified atom stereocenters.